The molecule has 5 rings (SSSR count). The Bertz CT molecular complexity index is 1650. The van der Waals surface area contributed by atoms with Gasteiger partial charge in [-0.25, -0.2) is 18.5 Å². The number of para-hydroxylation sites is 2. The van der Waals surface area contributed by atoms with E-state index in [4.69, 9.17) is 0 Å². The molecule has 0 saturated carbocycles. The zero-order valence-electron chi connectivity index (χ0n) is 20.3. The largest absolute Gasteiger partial charge is 0.337 e. The van der Waals surface area contributed by atoms with Gasteiger partial charge in [0, 0.05) is 28.4 Å². The summed E-state index contributed by atoms with van der Waals surface area (Å²) in [6.45, 7) is -0.675. The summed E-state index contributed by atoms with van der Waals surface area (Å²) in [6.07, 6.45) is 3.13. The minimum absolute atomic E-state index is 0.0580. The Morgan fingerprint density at radius 2 is 1.54 bits per heavy atom. The fourth-order valence-corrected chi connectivity index (χ4v) is 4.18. The molecule has 39 heavy (non-hydrogen) atoms. The second-order valence-electron chi connectivity index (χ2n) is 8.69. The van der Waals surface area contributed by atoms with Crippen LogP contribution < -0.4 is 16.0 Å². The second-order valence-corrected chi connectivity index (χ2v) is 8.69. The SMILES string of the molecule is O=C(Cn1cc(/C=C2/NC(=O)N(CC(=O)Nc3ccccc3F)C2=O)c2ccccc21)Nc1ccc(F)cc1. The maximum atomic E-state index is 13.8. The number of aromatic nitrogens is 1. The molecule has 1 fully saturated rings. The van der Waals surface area contributed by atoms with Gasteiger partial charge in [-0.05, 0) is 48.5 Å². The molecule has 1 aliphatic rings. The molecular weight excluding hydrogens is 508 g/mol. The minimum Gasteiger partial charge on any atom is -0.337 e. The monoisotopic (exact) mass is 529 g/mol. The molecule has 0 unspecified atom stereocenters. The zero-order chi connectivity index (χ0) is 27.5. The molecule has 0 radical (unpaired) electrons. The van der Waals surface area contributed by atoms with E-state index in [1.807, 2.05) is 0 Å². The molecule has 3 N–H and O–H groups in total. The van der Waals surface area contributed by atoms with Crippen molar-refractivity contribution in [2.75, 3.05) is 17.2 Å². The number of urea groups is 1. The van der Waals surface area contributed by atoms with Crippen molar-refractivity contribution in [2.45, 2.75) is 6.54 Å². The van der Waals surface area contributed by atoms with Gasteiger partial charge in [0.15, 0.2) is 0 Å². The first-order valence-electron chi connectivity index (χ1n) is 11.8. The summed E-state index contributed by atoms with van der Waals surface area (Å²) in [6, 6.07) is 17.3. The van der Waals surface area contributed by atoms with Crippen molar-refractivity contribution in [1.82, 2.24) is 14.8 Å². The van der Waals surface area contributed by atoms with Gasteiger partial charge in [0.05, 0.1) is 5.69 Å². The Hall–Kier alpha value is -5.32. The molecule has 0 aliphatic carbocycles. The fourth-order valence-electron chi connectivity index (χ4n) is 4.18. The number of anilines is 2. The number of carbonyl (C=O) groups excluding carboxylic acids is 4. The summed E-state index contributed by atoms with van der Waals surface area (Å²) in [4.78, 5) is 51.1. The molecule has 9 nitrogen and oxygen atoms in total. The third-order valence-corrected chi connectivity index (χ3v) is 5.97. The second kappa shape index (κ2) is 10.6. The summed E-state index contributed by atoms with van der Waals surface area (Å²) >= 11 is 0. The lowest BCUT2D eigenvalue weighted by Gasteiger charge is -2.12. The quantitative estimate of drug-likeness (QED) is 0.247. The highest BCUT2D eigenvalue weighted by atomic mass is 19.1. The smallest absolute Gasteiger partial charge is 0.329 e. The van der Waals surface area contributed by atoms with Crippen molar-refractivity contribution in [3.63, 3.8) is 0 Å². The Balaban J connectivity index is 1.33. The number of nitrogens with one attached hydrogen (secondary N) is 3. The van der Waals surface area contributed by atoms with E-state index in [0.717, 1.165) is 10.3 Å². The first-order valence-corrected chi connectivity index (χ1v) is 11.8. The lowest BCUT2D eigenvalue weighted by molar-refractivity contribution is -0.127. The van der Waals surface area contributed by atoms with Crippen LogP contribution >= 0.6 is 0 Å². The van der Waals surface area contributed by atoms with Crippen molar-refractivity contribution < 1.29 is 28.0 Å². The van der Waals surface area contributed by atoms with Crippen LogP contribution in [0.25, 0.3) is 17.0 Å². The van der Waals surface area contributed by atoms with Gasteiger partial charge < -0.3 is 20.5 Å². The number of hydrogen-bond acceptors (Lipinski definition) is 4. The Labute approximate surface area is 220 Å². The lowest BCUT2D eigenvalue weighted by Crippen LogP contribution is -2.38. The van der Waals surface area contributed by atoms with Gasteiger partial charge in [0.25, 0.3) is 5.91 Å². The minimum atomic E-state index is -0.794. The van der Waals surface area contributed by atoms with E-state index in [-0.39, 0.29) is 23.8 Å². The maximum absolute atomic E-state index is 13.8. The van der Waals surface area contributed by atoms with E-state index in [2.05, 4.69) is 16.0 Å². The highest BCUT2D eigenvalue weighted by molar-refractivity contribution is 6.16. The summed E-state index contributed by atoms with van der Waals surface area (Å²) < 4.78 is 28.7. The van der Waals surface area contributed by atoms with Crippen LogP contribution in [0.1, 0.15) is 5.56 Å². The number of amides is 5. The molecule has 0 bridgehead atoms. The first-order chi connectivity index (χ1) is 18.8. The van der Waals surface area contributed by atoms with Crippen LogP contribution in [0.3, 0.4) is 0 Å². The van der Waals surface area contributed by atoms with Crippen LogP contribution in [-0.4, -0.2) is 39.8 Å². The Morgan fingerprint density at radius 3 is 2.31 bits per heavy atom. The molecule has 11 heteroatoms. The van der Waals surface area contributed by atoms with Crippen molar-refractivity contribution >= 4 is 52.1 Å². The Morgan fingerprint density at radius 1 is 0.846 bits per heavy atom. The molecule has 196 valence electrons. The van der Waals surface area contributed by atoms with Crippen LogP contribution in [0.5, 0.6) is 0 Å². The van der Waals surface area contributed by atoms with Crippen LogP contribution in [0.4, 0.5) is 25.0 Å². The topological polar surface area (TPSA) is 113 Å². The van der Waals surface area contributed by atoms with E-state index < -0.39 is 36.0 Å². The van der Waals surface area contributed by atoms with E-state index >= 15 is 0 Å². The summed E-state index contributed by atoms with van der Waals surface area (Å²) in [5.41, 5.74) is 1.58. The average Bonchev–Trinajstić information content (AvgIpc) is 3.38. The van der Waals surface area contributed by atoms with Crippen molar-refractivity contribution in [3.05, 3.63) is 102 Å². The van der Waals surface area contributed by atoms with Crippen molar-refractivity contribution in [3.8, 4) is 0 Å². The molecule has 1 aliphatic heterocycles. The number of hydrogen-bond donors (Lipinski definition) is 3. The average molecular weight is 530 g/mol. The Kier molecular flexibility index (Phi) is 6.87. The maximum Gasteiger partial charge on any atom is 0.329 e. The normalized spacial score (nSPS) is 14.1. The summed E-state index contributed by atoms with van der Waals surface area (Å²) in [7, 11) is 0. The number of rotatable bonds is 7. The van der Waals surface area contributed by atoms with Gasteiger partial charge in [-0.2, -0.15) is 0 Å². The van der Waals surface area contributed by atoms with Crippen molar-refractivity contribution in [2.24, 2.45) is 0 Å². The molecule has 2 heterocycles. The molecule has 0 atom stereocenters. The van der Waals surface area contributed by atoms with Gasteiger partial charge in [-0.15, -0.1) is 0 Å². The molecule has 4 aromatic rings. The van der Waals surface area contributed by atoms with Gasteiger partial charge in [-0.1, -0.05) is 30.3 Å². The van der Waals surface area contributed by atoms with E-state index in [1.54, 1.807) is 35.0 Å². The van der Waals surface area contributed by atoms with E-state index in [1.165, 1.54) is 54.6 Å². The third-order valence-electron chi connectivity index (χ3n) is 5.97. The molecule has 3 aromatic carbocycles. The van der Waals surface area contributed by atoms with Crippen LogP contribution in [-0.2, 0) is 20.9 Å². The molecular formula is C28H21F2N5O4. The molecule has 0 spiro atoms. The van der Waals surface area contributed by atoms with Crippen molar-refractivity contribution in [1.29, 1.82) is 0 Å². The standard InChI is InChI=1S/C28H21F2N5O4/c29-18-9-11-19(12-10-18)31-25(36)15-34-14-17(20-5-1-4-8-24(20)34)13-23-27(38)35(28(39)33-23)16-26(37)32-22-7-3-2-6-21(22)30/h1-14H,15-16H2,(H,31,36)(H,32,37)(H,33,39)/b23-13+. The third kappa shape index (κ3) is 5.52. The van der Waals surface area contributed by atoms with Gasteiger partial charge in [0.1, 0.15) is 30.4 Å². The molecule has 5 amide bonds. The van der Waals surface area contributed by atoms with Gasteiger partial charge in [0.2, 0.25) is 11.8 Å². The van der Waals surface area contributed by atoms with E-state index in [0.29, 0.717) is 16.8 Å². The van der Waals surface area contributed by atoms with Crippen LogP contribution in [0.15, 0.2) is 84.7 Å². The number of nitrogens with zero attached hydrogens (tertiary/aromatic N) is 2. The molecule has 1 saturated heterocycles. The van der Waals surface area contributed by atoms with Crippen LogP contribution in [0, 0.1) is 11.6 Å². The lowest BCUT2D eigenvalue weighted by atomic mass is 10.1. The highest BCUT2D eigenvalue weighted by Gasteiger charge is 2.35. The number of benzene rings is 3. The van der Waals surface area contributed by atoms with E-state index in [9.17, 15) is 28.0 Å². The summed E-state index contributed by atoms with van der Waals surface area (Å²) in [5.74, 6) is -2.88. The number of carbonyl (C=O) groups is 4. The first kappa shape index (κ1) is 25.3. The van der Waals surface area contributed by atoms with Gasteiger partial charge >= 0.3 is 6.03 Å². The van der Waals surface area contributed by atoms with Gasteiger partial charge in [-0.3, -0.25) is 14.4 Å². The van der Waals surface area contributed by atoms with Crippen LogP contribution in [0.2, 0.25) is 0 Å². The molecule has 1 aromatic heterocycles. The predicted octanol–water partition coefficient (Wildman–Crippen LogP) is 4.09. The fraction of sp³-hybridized carbons (Fsp3) is 0.0714. The number of halogens is 2. The number of imide groups is 1. The predicted molar refractivity (Wildman–Crippen MR) is 140 cm³/mol. The number of fused-ring (bicyclic) bond motifs is 1. The highest BCUT2D eigenvalue weighted by Crippen LogP contribution is 2.25. The zero-order valence-corrected chi connectivity index (χ0v) is 20.3. The summed E-state index contributed by atoms with van der Waals surface area (Å²) in [5, 5.41) is 8.22.